The fourth-order valence-electron chi connectivity index (χ4n) is 0.554. The van der Waals surface area contributed by atoms with E-state index in [1.165, 1.54) is 16.7 Å². The van der Waals surface area contributed by atoms with Crippen LogP contribution in [0.1, 0.15) is 0 Å². The molecule has 1 fully saturated rings. The van der Waals surface area contributed by atoms with E-state index in [0.29, 0.717) is 6.54 Å². The number of carbonyl (C=O) groups is 1. The number of hydrogen-bond donors (Lipinski definition) is 1. The fraction of sp³-hybridized carbons (Fsp3) is 0.750. The lowest BCUT2D eigenvalue weighted by Gasteiger charge is -2.07. The summed E-state index contributed by atoms with van der Waals surface area (Å²) in [7, 11) is 0. The van der Waals surface area contributed by atoms with Crippen LogP contribution in [0.15, 0.2) is 0 Å². The largest absolute Gasteiger partial charge is 0.376 e. The van der Waals surface area contributed by atoms with Gasteiger partial charge in [-0.15, -0.1) is 0 Å². The van der Waals surface area contributed by atoms with Crippen molar-refractivity contribution < 1.29 is 9.90 Å². The summed E-state index contributed by atoms with van der Waals surface area (Å²) >= 11 is 1.26. The van der Waals surface area contributed by atoms with Crippen molar-refractivity contribution in [1.29, 1.82) is 0 Å². The lowest BCUT2D eigenvalue weighted by atomic mass is 10.7. The van der Waals surface area contributed by atoms with Crippen LogP contribution in [0.25, 0.3) is 0 Å². The van der Waals surface area contributed by atoms with Gasteiger partial charge in [-0.3, -0.25) is 4.79 Å². The molecule has 1 rings (SSSR count). The third-order valence-corrected chi connectivity index (χ3v) is 1.91. The zero-order chi connectivity index (χ0) is 5.98. The molecule has 0 aliphatic carbocycles. The molecule has 1 aliphatic heterocycles. The van der Waals surface area contributed by atoms with Crippen LogP contribution in [-0.4, -0.2) is 34.3 Å². The number of thioether (sulfide) groups is 1. The van der Waals surface area contributed by atoms with E-state index in [4.69, 9.17) is 5.11 Å². The number of rotatable bonds is 1. The van der Waals surface area contributed by atoms with E-state index in [0.717, 1.165) is 5.75 Å². The van der Waals surface area contributed by atoms with Gasteiger partial charge in [0, 0.05) is 12.3 Å². The number of nitrogens with zero attached hydrogens (tertiary/aromatic N) is 1. The van der Waals surface area contributed by atoms with Crippen molar-refractivity contribution in [2.75, 3.05) is 19.0 Å². The second-order valence-corrected chi connectivity index (χ2v) is 2.57. The molecular formula is C4H7NO2S. The van der Waals surface area contributed by atoms with Gasteiger partial charge >= 0.3 is 0 Å². The van der Waals surface area contributed by atoms with E-state index in [-0.39, 0.29) is 12.0 Å². The molecule has 0 unspecified atom stereocenters. The molecule has 0 aromatic heterocycles. The molecule has 0 atom stereocenters. The molecule has 1 heterocycles. The molecule has 46 valence electrons. The predicted molar refractivity (Wildman–Crippen MR) is 31.6 cm³/mol. The van der Waals surface area contributed by atoms with Gasteiger partial charge in [0.25, 0.3) is 5.24 Å². The number of amides is 1. The molecular weight excluding hydrogens is 126 g/mol. The Morgan fingerprint density at radius 1 is 1.88 bits per heavy atom. The Balaban J connectivity index is 2.42. The Morgan fingerprint density at radius 3 is 2.88 bits per heavy atom. The summed E-state index contributed by atoms with van der Waals surface area (Å²) < 4.78 is 0. The summed E-state index contributed by atoms with van der Waals surface area (Å²) in [5, 5.41) is 8.42. The van der Waals surface area contributed by atoms with Crippen molar-refractivity contribution in [2.24, 2.45) is 0 Å². The van der Waals surface area contributed by atoms with Crippen molar-refractivity contribution in [3.05, 3.63) is 0 Å². The highest BCUT2D eigenvalue weighted by atomic mass is 32.2. The zero-order valence-electron chi connectivity index (χ0n) is 4.33. The molecule has 0 bridgehead atoms. The number of carbonyl (C=O) groups excluding carboxylic acids is 1. The molecule has 0 radical (unpaired) electrons. The fourth-order valence-corrected chi connectivity index (χ4v) is 1.37. The van der Waals surface area contributed by atoms with Gasteiger partial charge in [0.15, 0.2) is 0 Å². The normalized spacial score (nSPS) is 20.1. The Hall–Kier alpha value is -0.220. The third kappa shape index (κ3) is 0.952. The van der Waals surface area contributed by atoms with Gasteiger partial charge in [-0.05, 0) is 0 Å². The molecule has 1 saturated heterocycles. The van der Waals surface area contributed by atoms with E-state index in [1.54, 1.807) is 0 Å². The monoisotopic (exact) mass is 133 g/mol. The van der Waals surface area contributed by atoms with Crippen LogP contribution in [-0.2, 0) is 0 Å². The van der Waals surface area contributed by atoms with Crippen LogP contribution in [0.3, 0.4) is 0 Å². The SMILES string of the molecule is O=C1SCCN1CO. The minimum absolute atomic E-state index is 0.00694. The second kappa shape index (κ2) is 2.37. The van der Waals surface area contributed by atoms with E-state index < -0.39 is 0 Å². The maximum absolute atomic E-state index is 10.5. The van der Waals surface area contributed by atoms with Gasteiger partial charge in [0.2, 0.25) is 0 Å². The lowest BCUT2D eigenvalue weighted by Crippen LogP contribution is -2.23. The van der Waals surface area contributed by atoms with Crippen molar-refractivity contribution in [1.82, 2.24) is 4.90 Å². The standard InChI is InChI=1S/C4H7NO2S/c6-3-5-1-2-8-4(5)7/h6H,1-3H2. The van der Waals surface area contributed by atoms with Crippen LogP contribution >= 0.6 is 11.8 Å². The average Bonchev–Trinajstić information content (AvgIpc) is 2.14. The molecule has 0 spiro atoms. The first-order chi connectivity index (χ1) is 3.84. The van der Waals surface area contributed by atoms with Crippen LogP contribution in [0.2, 0.25) is 0 Å². The van der Waals surface area contributed by atoms with Crippen molar-refractivity contribution in [3.63, 3.8) is 0 Å². The summed E-state index contributed by atoms with van der Waals surface area (Å²) in [5.41, 5.74) is 0. The molecule has 1 amide bonds. The predicted octanol–water partition coefficient (Wildman–Crippen LogP) is 0.105. The molecule has 8 heavy (non-hydrogen) atoms. The molecule has 4 heteroatoms. The quantitative estimate of drug-likeness (QED) is 0.551. The number of hydrogen-bond acceptors (Lipinski definition) is 3. The Labute approximate surface area is 51.7 Å². The smallest absolute Gasteiger partial charge is 0.283 e. The highest BCUT2D eigenvalue weighted by Crippen LogP contribution is 2.15. The Morgan fingerprint density at radius 2 is 2.62 bits per heavy atom. The molecule has 0 saturated carbocycles. The average molecular weight is 133 g/mol. The first-order valence-corrected chi connectivity index (χ1v) is 3.35. The number of aliphatic hydroxyl groups is 1. The van der Waals surface area contributed by atoms with E-state index >= 15 is 0 Å². The maximum Gasteiger partial charge on any atom is 0.283 e. The molecule has 3 nitrogen and oxygen atoms in total. The van der Waals surface area contributed by atoms with Crippen LogP contribution in [0.4, 0.5) is 4.79 Å². The van der Waals surface area contributed by atoms with E-state index in [9.17, 15) is 4.79 Å². The summed E-state index contributed by atoms with van der Waals surface area (Å²) in [5.74, 6) is 0.819. The summed E-state index contributed by atoms with van der Waals surface area (Å²) in [6.45, 7) is 0.561. The first kappa shape index (κ1) is 5.91. The second-order valence-electron chi connectivity index (χ2n) is 1.52. The minimum Gasteiger partial charge on any atom is -0.376 e. The van der Waals surface area contributed by atoms with Crippen molar-refractivity contribution >= 4 is 17.0 Å². The van der Waals surface area contributed by atoms with Gasteiger partial charge in [-0.2, -0.15) is 0 Å². The highest BCUT2D eigenvalue weighted by Gasteiger charge is 2.18. The Kier molecular flexibility index (Phi) is 1.75. The first-order valence-electron chi connectivity index (χ1n) is 2.37. The topological polar surface area (TPSA) is 40.5 Å². The molecule has 1 aliphatic rings. The summed E-state index contributed by atoms with van der Waals surface area (Å²) in [4.78, 5) is 11.9. The number of aliphatic hydroxyl groups excluding tert-OH is 1. The van der Waals surface area contributed by atoms with Gasteiger partial charge in [0.05, 0.1) is 0 Å². The maximum atomic E-state index is 10.5. The lowest BCUT2D eigenvalue weighted by molar-refractivity contribution is 0.147. The van der Waals surface area contributed by atoms with Crippen LogP contribution in [0, 0.1) is 0 Å². The molecule has 0 aromatic carbocycles. The zero-order valence-corrected chi connectivity index (χ0v) is 5.15. The van der Waals surface area contributed by atoms with E-state index in [1.807, 2.05) is 0 Å². The minimum atomic E-state index is -0.133. The summed E-state index contributed by atoms with van der Waals surface area (Å²) in [6, 6.07) is 0. The van der Waals surface area contributed by atoms with Crippen molar-refractivity contribution in [3.8, 4) is 0 Å². The van der Waals surface area contributed by atoms with Crippen LogP contribution < -0.4 is 0 Å². The van der Waals surface area contributed by atoms with Gasteiger partial charge in [-0.25, -0.2) is 0 Å². The van der Waals surface area contributed by atoms with Gasteiger partial charge < -0.3 is 10.0 Å². The Bertz CT molecular complexity index is 106. The summed E-state index contributed by atoms with van der Waals surface area (Å²) in [6.07, 6.45) is 0. The highest BCUT2D eigenvalue weighted by molar-refractivity contribution is 8.13. The van der Waals surface area contributed by atoms with E-state index in [2.05, 4.69) is 0 Å². The third-order valence-electron chi connectivity index (χ3n) is 1.02. The van der Waals surface area contributed by atoms with Crippen LogP contribution in [0.5, 0.6) is 0 Å². The van der Waals surface area contributed by atoms with Gasteiger partial charge in [-0.1, -0.05) is 11.8 Å². The molecule has 0 aromatic rings. The van der Waals surface area contributed by atoms with Gasteiger partial charge in [0.1, 0.15) is 6.73 Å². The van der Waals surface area contributed by atoms with Crippen molar-refractivity contribution in [2.45, 2.75) is 0 Å². The molecule has 1 N–H and O–H groups in total.